The molecule has 0 spiro atoms. The largest absolute Gasteiger partial charge is 0.455 e. The first-order valence-electron chi connectivity index (χ1n) is 14.0. The van der Waals surface area contributed by atoms with Crippen LogP contribution in [0, 0.1) is 0 Å². The summed E-state index contributed by atoms with van der Waals surface area (Å²) in [6, 6.07) is 45.6. The number of nitrogens with zero attached hydrogens (tertiary/aromatic N) is 2. The number of aromatic nitrogens is 2. The van der Waals surface area contributed by atoms with Crippen LogP contribution in [-0.2, 0) is 0 Å². The van der Waals surface area contributed by atoms with Crippen molar-refractivity contribution in [2.75, 3.05) is 0 Å². The Balaban J connectivity index is 1.31. The van der Waals surface area contributed by atoms with Gasteiger partial charge in [0, 0.05) is 27.5 Å². The lowest BCUT2D eigenvalue weighted by Gasteiger charge is -2.08. The van der Waals surface area contributed by atoms with Gasteiger partial charge in [0.2, 0.25) is 0 Å². The van der Waals surface area contributed by atoms with Gasteiger partial charge in [0.15, 0.2) is 11.4 Å². The van der Waals surface area contributed by atoms with Crippen LogP contribution < -0.4 is 0 Å². The molecule has 4 nitrogen and oxygen atoms in total. The number of hydrogen-bond donors (Lipinski definition) is 0. The Morgan fingerprint density at radius 2 is 1.17 bits per heavy atom. The number of rotatable bonds is 3. The molecule has 42 heavy (non-hydrogen) atoms. The lowest BCUT2D eigenvalue weighted by Crippen LogP contribution is -1.94. The number of para-hydroxylation sites is 2. The molecular formula is C38H22N2O2. The van der Waals surface area contributed by atoms with Crippen LogP contribution in [0.15, 0.2) is 142 Å². The van der Waals surface area contributed by atoms with Crippen molar-refractivity contribution < 1.29 is 8.83 Å². The zero-order chi connectivity index (χ0) is 27.6. The van der Waals surface area contributed by atoms with Crippen molar-refractivity contribution in [3.05, 3.63) is 133 Å². The maximum atomic E-state index is 6.47. The van der Waals surface area contributed by atoms with Gasteiger partial charge in [-0.05, 0) is 34.5 Å². The SMILES string of the molecule is c1ccc(-c2nc(-c3cccc(-c4cccc5c4oc4ccccc45)c3)nc3c2oc2ccc4ccccc4c23)cc1. The van der Waals surface area contributed by atoms with Crippen LogP contribution >= 0.6 is 0 Å². The standard InChI is InChI=1S/C38H22N2O2/c1-2-11-24(12-3-1)34-37-35(33-27-15-5-4-10-23(27)20-21-32(33)42-37)40-38(39-34)26-14-8-13-25(22-26)28-17-9-18-30-29-16-6-7-19-31(29)41-36(28)30/h1-22H. The number of hydrogen-bond acceptors (Lipinski definition) is 4. The third-order valence-corrected chi connectivity index (χ3v) is 8.09. The minimum Gasteiger partial charge on any atom is -0.455 e. The summed E-state index contributed by atoms with van der Waals surface area (Å²) in [5.41, 5.74) is 8.85. The number of fused-ring (bicyclic) bond motifs is 8. The molecule has 196 valence electrons. The Morgan fingerprint density at radius 1 is 0.452 bits per heavy atom. The average Bonchev–Trinajstić information content (AvgIpc) is 3.63. The fourth-order valence-electron chi connectivity index (χ4n) is 6.13. The lowest BCUT2D eigenvalue weighted by atomic mass is 10.00. The summed E-state index contributed by atoms with van der Waals surface area (Å²) < 4.78 is 12.8. The highest BCUT2D eigenvalue weighted by Crippen LogP contribution is 2.40. The van der Waals surface area contributed by atoms with E-state index < -0.39 is 0 Å². The Kier molecular flexibility index (Phi) is 4.87. The van der Waals surface area contributed by atoms with Crippen LogP contribution in [0.4, 0.5) is 0 Å². The summed E-state index contributed by atoms with van der Waals surface area (Å²) >= 11 is 0. The van der Waals surface area contributed by atoms with Gasteiger partial charge in [-0.1, -0.05) is 115 Å². The molecule has 3 aromatic heterocycles. The van der Waals surface area contributed by atoms with E-state index >= 15 is 0 Å². The highest BCUT2D eigenvalue weighted by atomic mass is 16.3. The van der Waals surface area contributed by atoms with Gasteiger partial charge in [0.25, 0.3) is 0 Å². The van der Waals surface area contributed by atoms with Crippen LogP contribution in [0.3, 0.4) is 0 Å². The first-order valence-corrected chi connectivity index (χ1v) is 14.0. The summed E-state index contributed by atoms with van der Waals surface area (Å²) in [4.78, 5) is 10.3. The van der Waals surface area contributed by atoms with Crippen molar-refractivity contribution in [2.24, 2.45) is 0 Å². The molecule has 0 aliphatic heterocycles. The maximum Gasteiger partial charge on any atom is 0.180 e. The van der Waals surface area contributed by atoms with Crippen molar-refractivity contribution in [1.82, 2.24) is 9.97 Å². The monoisotopic (exact) mass is 538 g/mol. The van der Waals surface area contributed by atoms with Gasteiger partial charge in [-0.25, -0.2) is 9.97 Å². The quantitative estimate of drug-likeness (QED) is 0.224. The highest BCUT2D eigenvalue weighted by Gasteiger charge is 2.20. The van der Waals surface area contributed by atoms with Crippen molar-refractivity contribution in [2.45, 2.75) is 0 Å². The van der Waals surface area contributed by atoms with E-state index in [2.05, 4.69) is 91.0 Å². The number of furan rings is 2. The van der Waals surface area contributed by atoms with Gasteiger partial charge in [-0.2, -0.15) is 0 Å². The van der Waals surface area contributed by atoms with Gasteiger partial charge in [-0.3, -0.25) is 0 Å². The topological polar surface area (TPSA) is 52.1 Å². The first kappa shape index (κ1) is 23.0. The lowest BCUT2D eigenvalue weighted by molar-refractivity contribution is 0.667. The smallest absolute Gasteiger partial charge is 0.180 e. The summed E-state index contributed by atoms with van der Waals surface area (Å²) in [6.07, 6.45) is 0. The third-order valence-electron chi connectivity index (χ3n) is 8.09. The Bertz CT molecular complexity index is 2470. The Labute approximate surface area is 240 Å². The van der Waals surface area contributed by atoms with Crippen molar-refractivity contribution in [3.8, 4) is 33.8 Å². The van der Waals surface area contributed by atoms with Gasteiger partial charge in [0.05, 0.1) is 5.39 Å². The Hall–Kier alpha value is -5.74. The van der Waals surface area contributed by atoms with E-state index in [0.29, 0.717) is 11.4 Å². The third kappa shape index (κ3) is 3.42. The molecule has 9 aromatic rings. The van der Waals surface area contributed by atoms with Crippen LogP contribution in [0.2, 0.25) is 0 Å². The molecule has 0 aliphatic carbocycles. The van der Waals surface area contributed by atoms with Crippen LogP contribution in [0.5, 0.6) is 0 Å². The molecule has 0 aliphatic rings. The molecule has 4 heteroatoms. The normalized spacial score (nSPS) is 11.8. The molecule has 0 fully saturated rings. The predicted octanol–water partition coefficient (Wildman–Crippen LogP) is 10.4. The fraction of sp³-hybridized carbons (Fsp3) is 0. The molecule has 6 aromatic carbocycles. The molecule has 0 bridgehead atoms. The Morgan fingerprint density at radius 3 is 2.10 bits per heavy atom. The van der Waals surface area contributed by atoms with Crippen molar-refractivity contribution in [3.63, 3.8) is 0 Å². The van der Waals surface area contributed by atoms with Gasteiger partial charge < -0.3 is 8.83 Å². The van der Waals surface area contributed by atoms with E-state index in [9.17, 15) is 0 Å². The van der Waals surface area contributed by atoms with E-state index in [0.717, 1.165) is 77.1 Å². The highest BCUT2D eigenvalue weighted by molar-refractivity contribution is 6.19. The molecule has 0 saturated carbocycles. The van der Waals surface area contributed by atoms with Crippen LogP contribution in [-0.4, -0.2) is 9.97 Å². The first-order chi connectivity index (χ1) is 20.8. The van der Waals surface area contributed by atoms with Crippen LogP contribution in [0.25, 0.3) is 88.6 Å². The molecule has 0 amide bonds. The zero-order valence-electron chi connectivity index (χ0n) is 22.4. The molecular weight excluding hydrogens is 516 g/mol. The van der Waals surface area contributed by atoms with E-state index in [-0.39, 0.29) is 0 Å². The van der Waals surface area contributed by atoms with E-state index in [1.54, 1.807) is 0 Å². The van der Waals surface area contributed by atoms with Gasteiger partial charge in [-0.15, -0.1) is 0 Å². The van der Waals surface area contributed by atoms with Gasteiger partial charge >= 0.3 is 0 Å². The molecule has 0 radical (unpaired) electrons. The van der Waals surface area contributed by atoms with E-state index in [1.807, 2.05) is 42.5 Å². The second-order valence-corrected chi connectivity index (χ2v) is 10.6. The van der Waals surface area contributed by atoms with E-state index in [1.165, 1.54) is 0 Å². The van der Waals surface area contributed by atoms with E-state index in [4.69, 9.17) is 18.8 Å². The summed E-state index contributed by atoms with van der Waals surface area (Å²) in [7, 11) is 0. The molecule has 0 saturated heterocycles. The number of benzene rings is 6. The molecule has 0 atom stereocenters. The zero-order valence-corrected chi connectivity index (χ0v) is 22.4. The molecule has 9 rings (SSSR count). The summed E-state index contributed by atoms with van der Waals surface area (Å²) in [5, 5.41) is 5.49. The average molecular weight is 539 g/mol. The van der Waals surface area contributed by atoms with Crippen molar-refractivity contribution >= 4 is 54.8 Å². The second kappa shape index (κ2) is 8.88. The fourth-order valence-corrected chi connectivity index (χ4v) is 6.13. The van der Waals surface area contributed by atoms with Crippen molar-refractivity contribution in [1.29, 1.82) is 0 Å². The van der Waals surface area contributed by atoms with Gasteiger partial charge in [0.1, 0.15) is 28.0 Å². The second-order valence-electron chi connectivity index (χ2n) is 10.6. The molecule has 3 heterocycles. The predicted molar refractivity (Wildman–Crippen MR) is 170 cm³/mol. The summed E-state index contributed by atoms with van der Waals surface area (Å²) in [6.45, 7) is 0. The maximum absolute atomic E-state index is 6.47. The minimum absolute atomic E-state index is 0.649. The molecule has 0 unspecified atom stereocenters. The van der Waals surface area contributed by atoms with Crippen LogP contribution in [0.1, 0.15) is 0 Å². The summed E-state index contributed by atoms with van der Waals surface area (Å²) in [5.74, 6) is 0.649. The minimum atomic E-state index is 0.649. The molecule has 0 N–H and O–H groups in total.